The maximum absolute atomic E-state index is 3.66. The van der Waals surface area contributed by atoms with E-state index in [2.05, 4.69) is 18.8 Å². The quantitative estimate of drug-likeness (QED) is 0.606. The Balaban J connectivity index is 2.24. The lowest BCUT2D eigenvalue weighted by Gasteiger charge is -2.12. The zero-order valence-corrected chi connectivity index (χ0v) is 6.11. The summed E-state index contributed by atoms with van der Waals surface area (Å²) in [7, 11) is 0. The van der Waals surface area contributed by atoms with Gasteiger partial charge in [-0.25, -0.2) is 0 Å². The van der Waals surface area contributed by atoms with Crippen molar-refractivity contribution in [3.05, 3.63) is 12.8 Å². The van der Waals surface area contributed by atoms with Gasteiger partial charge in [-0.3, -0.25) is 0 Å². The Morgan fingerprint density at radius 2 is 2.33 bits per heavy atom. The molecule has 1 nitrogen and oxygen atoms in total. The van der Waals surface area contributed by atoms with Gasteiger partial charge in [0.1, 0.15) is 0 Å². The molecule has 0 aliphatic heterocycles. The van der Waals surface area contributed by atoms with Crippen LogP contribution < -0.4 is 5.32 Å². The predicted octanol–water partition coefficient (Wildman–Crippen LogP) is 2.05. The van der Waals surface area contributed by atoms with Gasteiger partial charge in [-0.15, -0.1) is 0 Å². The average Bonchev–Trinajstić information content (AvgIpc) is 2.51. The van der Waals surface area contributed by atoms with E-state index >= 15 is 0 Å². The second kappa shape index (κ2) is 2.42. The fourth-order valence-electron chi connectivity index (χ4n) is 1.31. The monoisotopic (exact) mass is 125 g/mol. The minimum atomic E-state index is 0.483. The van der Waals surface area contributed by atoms with Crippen molar-refractivity contribution in [3.63, 3.8) is 0 Å². The lowest BCUT2D eigenvalue weighted by atomic mass is 10.1. The van der Waals surface area contributed by atoms with Crippen molar-refractivity contribution in [1.82, 2.24) is 5.32 Å². The van der Waals surface area contributed by atoms with Gasteiger partial charge in [-0.2, -0.15) is 0 Å². The van der Waals surface area contributed by atoms with E-state index in [1.165, 1.54) is 25.7 Å². The highest BCUT2D eigenvalue weighted by Gasteiger charge is 2.40. The Morgan fingerprint density at radius 1 is 1.67 bits per heavy atom. The van der Waals surface area contributed by atoms with Crippen molar-refractivity contribution in [2.45, 2.75) is 38.1 Å². The first-order valence-corrected chi connectivity index (χ1v) is 3.71. The Bertz CT molecular complexity index is 103. The smallest absolute Gasteiger partial charge is 0.0369 e. The van der Waals surface area contributed by atoms with E-state index in [-0.39, 0.29) is 0 Å². The molecule has 0 bridgehead atoms. The molecule has 1 rings (SSSR count). The predicted molar refractivity (Wildman–Crippen MR) is 40.2 cm³/mol. The van der Waals surface area contributed by atoms with Gasteiger partial charge in [0.15, 0.2) is 0 Å². The molecule has 9 heavy (non-hydrogen) atoms. The number of hydrogen-bond donors (Lipinski definition) is 1. The van der Waals surface area contributed by atoms with Gasteiger partial charge in [-0.1, -0.05) is 19.9 Å². The van der Waals surface area contributed by atoms with Crippen molar-refractivity contribution in [3.8, 4) is 0 Å². The minimum Gasteiger partial charge on any atom is -0.386 e. The second-order valence-electron chi connectivity index (χ2n) is 2.88. The van der Waals surface area contributed by atoms with Crippen LogP contribution in [0.1, 0.15) is 32.6 Å². The molecular weight excluding hydrogens is 110 g/mol. The van der Waals surface area contributed by atoms with Crippen molar-refractivity contribution in [1.29, 1.82) is 0 Å². The van der Waals surface area contributed by atoms with Crippen LogP contribution in [0, 0.1) is 0 Å². The molecule has 0 aromatic heterocycles. The third kappa shape index (κ3) is 1.47. The Kier molecular flexibility index (Phi) is 1.79. The average molecular weight is 125 g/mol. The first-order valence-electron chi connectivity index (χ1n) is 3.71. The summed E-state index contributed by atoms with van der Waals surface area (Å²) in [4.78, 5) is 0. The Labute approximate surface area is 57.1 Å². The van der Waals surface area contributed by atoms with E-state index in [9.17, 15) is 0 Å². The first kappa shape index (κ1) is 6.66. The summed E-state index contributed by atoms with van der Waals surface area (Å²) in [6.45, 7) is 5.88. The minimum absolute atomic E-state index is 0.483. The molecule has 52 valence electrons. The zero-order chi connectivity index (χ0) is 6.74. The van der Waals surface area contributed by atoms with E-state index in [0.717, 1.165) is 0 Å². The van der Waals surface area contributed by atoms with E-state index in [1.54, 1.807) is 0 Å². The molecule has 1 aliphatic carbocycles. The van der Waals surface area contributed by atoms with E-state index in [1.807, 2.05) is 6.20 Å². The molecule has 1 saturated carbocycles. The summed E-state index contributed by atoms with van der Waals surface area (Å²) in [5.74, 6) is 0. The summed E-state index contributed by atoms with van der Waals surface area (Å²) in [5, 5.41) is 3.30. The third-order valence-electron chi connectivity index (χ3n) is 1.99. The highest BCUT2D eigenvalue weighted by molar-refractivity contribution is 5.03. The van der Waals surface area contributed by atoms with Crippen LogP contribution in [-0.2, 0) is 0 Å². The van der Waals surface area contributed by atoms with Crippen molar-refractivity contribution >= 4 is 0 Å². The summed E-state index contributed by atoms with van der Waals surface area (Å²) in [6, 6.07) is 0. The summed E-state index contributed by atoms with van der Waals surface area (Å²) >= 11 is 0. The van der Waals surface area contributed by atoms with Gasteiger partial charge >= 0.3 is 0 Å². The Morgan fingerprint density at radius 3 is 2.67 bits per heavy atom. The summed E-state index contributed by atoms with van der Waals surface area (Å²) < 4.78 is 0. The summed E-state index contributed by atoms with van der Waals surface area (Å²) in [5.41, 5.74) is 0.483. The fraction of sp³-hybridized carbons (Fsp3) is 0.750. The fourth-order valence-corrected chi connectivity index (χ4v) is 1.31. The SMILES string of the molecule is C=CNC1(CCC)CC1. The van der Waals surface area contributed by atoms with Crippen molar-refractivity contribution in [2.24, 2.45) is 0 Å². The molecule has 1 aliphatic rings. The first-order chi connectivity index (χ1) is 4.33. The molecule has 0 aromatic rings. The Hall–Kier alpha value is -0.460. The molecule has 0 saturated heterocycles. The van der Waals surface area contributed by atoms with Crippen LogP contribution in [0.3, 0.4) is 0 Å². The molecule has 0 aromatic carbocycles. The van der Waals surface area contributed by atoms with E-state index in [0.29, 0.717) is 5.54 Å². The molecule has 0 spiro atoms. The van der Waals surface area contributed by atoms with Crippen LogP contribution in [-0.4, -0.2) is 5.54 Å². The normalized spacial score (nSPS) is 21.0. The third-order valence-corrected chi connectivity index (χ3v) is 1.99. The van der Waals surface area contributed by atoms with Crippen molar-refractivity contribution in [2.75, 3.05) is 0 Å². The molecule has 0 heterocycles. The second-order valence-corrected chi connectivity index (χ2v) is 2.88. The van der Waals surface area contributed by atoms with Gasteiger partial charge in [0.25, 0.3) is 0 Å². The highest BCUT2D eigenvalue weighted by Crippen LogP contribution is 2.39. The van der Waals surface area contributed by atoms with Gasteiger partial charge in [0.2, 0.25) is 0 Å². The molecule has 1 fully saturated rings. The zero-order valence-electron chi connectivity index (χ0n) is 6.11. The van der Waals surface area contributed by atoms with E-state index in [4.69, 9.17) is 0 Å². The largest absolute Gasteiger partial charge is 0.386 e. The highest BCUT2D eigenvalue weighted by atomic mass is 15.0. The van der Waals surface area contributed by atoms with Crippen molar-refractivity contribution < 1.29 is 0 Å². The number of hydrogen-bond acceptors (Lipinski definition) is 1. The molecule has 0 amide bonds. The van der Waals surface area contributed by atoms with Crippen LogP contribution in [0.2, 0.25) is 0 Å². The topological polar surface area (TPSA) is 12.0 Å². The van der Waals surface area contributed by atoms with Gasteiger partial charge in [0, 0.05) is 5.54 Å². The summed E-state index contributed by atoms with van der Waals surface area (Å²) in [6.07, 6.45) is 7.09. The van der Waals surface area contributed by atoms with Crippen LogP contribution in [0.25, 0.3) is 0 Å². The number of rotatable bonds is 4. The molecule has 1 N–H and O–H groups in total. The lowest BCUT2D eigenvalue weighted by Crippen LogP contribution is -2.25. The van der Waals surface area contributed by atoms with Gasteiger partial charge in [0.05, 0.1) is 0 Å². The number of nitrogens with one attached hydrogen (secondary N) is 1. The molecule has 1 heteroatoms. The molecule has 0 unspecified atom stereocenters. The van der Waals surface area contributed by atoms with Gasteiger partial charge in [-0.05, 0) is 25.5 Å². The maximum atomic E-state index is 3.66. The molecule has 0 atom stereocenters. The van der Waals surface area contributed by atoms with Crippen LogP contribution in [0.4, 0.5) is 0 Å². The standard InChI is InChI=1S/C8H15N/c1-3-5-8(6-7-8)9-4-2/h4,9H,2-3,5-7H2,1H3. The maximum Gasteiger partial charge on any atom is 0.0369 e. The van der Waals surface area contributed by atoms with E-state index < -0.39 is 0 Å². The van der Waals surface area contributed by atoms with Crippen LogP contribution in [0.5, 0.6) is 0 Å². The van der Waals surface area contributed by atoms with Gasteiger partial charge < -0.3 is 5.32 Å². The lowest BCUT2D eigenvalue weighted by molar-refractivity contribution is 0.523. The molecule has 0 radical (unpaired) electrons. The molecular formula is C8H15N. The van der Waals surface area contributed by atoms with Crippen LogP contribution in [0.15, 0.2) is 12.8 Å². The van der Waals surface area contributed by atoms with Crippen LogP contribution >= 0.6 is 0 Å².